The van der Waals surface area contributed by atoms with Gasteiger partial charge in [0.1, 0.15) is 0 Å². The molecule has 1 fully saturated rings. The molecule has 0 atom stereocenters. The van der Waals surface area contributed by atoms with E-state index in [9.17, 15) is 0 Å². The van der Waals surface area contributed by atoms with Gasteiger partial charge in [-0.3, -0.25) is 4.90 Å². The topological polar surface area (TPSA) is 15.3 Å². The van der Waals surface area contributed by atoms with Crippen LogP contribution < -0.4 is 5.32 Å². The molecule has 0 aromatic heterocycles. The van der Waals surface area contributed by atoms with Gasteiger partial charge in [0.05, 0.1) is 0 Å². The van der Waals surface area contributed by atoms with E-state index in [1.54, 1.807) is 0 Å². The van der Waals surface area contributed by atoms with Gasteiger partial charge in [0.25, 0.3) is 0 Å². The average molecular weight is 391 g/mol. The van der Waals surface area contributed by atoms with Gasteiger partial charge in [0.2, 0.25) is 0 Å². The van der Waals surface area contributed by atoms with Gasteiger partial charge in [0.15, 0.2) is 0 Å². The number of benzene rings is 1. The van der Waals surface area contributed by atoms with Gasteiger partial charge in [-0.1, -0.05) is 49.6 Å². The van der Waals surface area contributed by atoms with Crippen molar-refractivity contribution in [1.82, 2.24) is 10.2 Å². The molecular formula is C24H42N2S. The van der Waals surface area contributed by atoms with Gasteiger partial charge in [-0.2, -0.15) is 11.8 Å². The molecule has 1 aliphatic rings. The van der Waals surface area contributed by atoms with Crippen molar-refractivity contribution in [3.63, 3.8) is 0 Å². The Balaban J connectivity index is 1.50. The summed E-state index contributed by atoms with van der Waals surface area (Å²) < 4.78 is 0. The van der Waals surface area contributed by atoms with E-state index < -0.39 is 0 Å². The Morgan fingerprint density at radius 3 is 2.41 bits per heavy atom. The molecule has 0 aliphatic heterocycles. The molecule has 2 rings (SSSR count). The fourth-order valence-electron chi connectivity index (χ4n) is 3.97. The third kappa shape index (κ3) is 10.0. The highest BCUT2D eigenvalue weighted by Crippen LogP contribution is 2.27. The van der Waals surface area contributed by atoms with Crippen molar-refractivity contribution in [2.75, 3.05) is 31.9 Å². The van der Waals surface area contributed by atoms with E-state index in [2.05, 4.69) is 61.3 Å². The molecule has 2 nitrogen and oxygen atoms in total. The summed E-state index contributed by atoms with van der Waals surface area (Å²) in [6, 6.07) is 10.8. The summed E-state index contributed by atoms with van der Waals surface area (Å²) in [7, 11) is 0. The van der Waals surface area contributed by atoms with Gasteiger partial charge >= 0.3 is 0 Å². The predicted molar refractivity (Wildman–Crippen MR) is 123 cm³/mol. The molecule has 154 valence electrons. The normalized spacial score (nSPS) is 16.1. The van der Waals surface area contributed by atoms with Crippen LogP contribution in [0.25, 0.3) is 0 Å². The third-order valence-corrected chi connectivity index (χ3v) is 6.80. The second kappa shape index (κ2) is 12.9. The van der Waals surface area contributed by atoms with Gasteiger partial charge in [-0.25, -0.2) is 0 Å². The number of nitrogens with one attached hydrogen (secondary N) is 1. The van der Waals surface area contributed by atoms with Gasteiger partial charge in [-0.15, -0.1) is 0 Å². The van der Waals surface area contributed by atoms with E-state index in [1.165, 1.54) is 69.4 Å². The van der Waals surface area contributed by atoms with E-state index in [0.29, 0.717) is 5.54 Å². The highest BCUT2D eigenvalue weighted by molar-refractivity contribution is 7.98. The van der Waals surface area contributed by atoms with Crippen molar-refractivity contribution in [2.24, 2.45) is 5.92 Å². The summed E-state index contributed by atoms with van der Waals surface area (Å²) in [5.41, 5.74) is 1.74. The Bertz CT molecular complexity index is 477. The first-order valence-corrected chi connectivity index (χ1v) is 12.3. The van der Waals surface area contributed by atoms with Gasteiger partial charge in [0, 0.05) is 17.8 Å². The standard InChI is InChI=1S/C24H42N2S/c1-24(2,3)26(20-22-12-6-4-7-13-22)18-10-16-25-17-11-19-27-21-23-14-8-5-9-15-23/h5,8-9,14-15,22,25H,4,6-7,10-13,16-21H2,1-3H3. The number of nitrogens with zero attached hydrogens (tertiary/aromatic N) is 1. The lowest BCUT2D eigenvalue weighted by molar-refractivity contribution is 0.100. The first-order chi connectivity index (χ1) is 13.1. The molecule has 0 spiro atoms. The Labute approximate surface area is 172 Å². The van der Waals surface area contributed by atoms with E-state index in [0.717, 1.165) is 24.8 Å². The highest BCUT2D eigenvalue weighted by Gasteiger charge is 2.24. The molecule has 1 aromatic carbocycles. The molecule has 0 amide bonds. The van der Waals surface area contributed by atoms with Crippen LogP contribution in [0.4, 0.5) is 0 Å². The second-order valence-corrected chi connectivity index (χ2v) is 10.2. The minimum atomic E-state index is 0.297. The zero-order valence-corrected chi connectivity index (χ0v) is 18.8. The summed E-state index contributed by atoms with van der Waals surface area (Å²) in [5.74, 6) is 3.33. The van der Waals surface area contributed by atoms with Crippen molar-refractivity contribution in [1.29, 1.82) is 0 Å². The van der Waals surface area contributed by atoms with E-state index in [4.69, 9.17) is 0 Å². The van der Waals surface area contributed by atoms with Crippen LogP contribution in [0.2, 0.25) is 0 Å². The lowest BCUT2D eigenvalue weighted by Crippen LogP contribution is -2.45. The molecule has 27 heavy (non-hydrogen) atoms. The highest BCUT2D eigenvalue weighted by atomic mass is 32.2. The number of rotatable bonds is 12. The van der Waals surface area contributed by atoms with Crippen molar-refractivity contribution in [3.05, 3.63) is 35.9 Å². The van der Waals surface area contributed by atoms with Crippen LogP contribution in [-0.2, 0) is 5.75 Å². The maximum atomic E-state index is 3.65. The molecule has 1 aromatic rings. The summed E-state index contributed by atoms with van der Waals surface area (Å²) in [5, 5.41) is 3.65. The summed E-state index contributed by atoms with van der Waals surface area (Å²) in [4.78, 5) is 2.74. The van der Waals surface area contributed by atoms with Crippen molar-refractivity contribution in [2.45, 2.75) is 77.0 Å². The fourth-order valence-corrected chi connectivity index (χ4v) is 4.89. The van der Waals surface area contributed by atoms with Crippen LogP contribution in [0.1, 0.15) is 71.3 Å². The summed E-state index contributed by atoms with van der Waals surface area (Å²) in [6.07, 6.45) is 9.79. The van der Waals surface area contributed by atoms with Crippen LogP contribution in [-0.4, -0.2) is 42.4 Å². The van der Waals surface area contributed by atoms with Crippen molar-refractivity contribution in [3.8, 4) is 0 Å². The first-order valence-electron chi connectivity index (χ1n) is 11.1. The lowest BCUT2D eigenvalue weighted by atomic mass is 9.88. The minimum absolute atomic E-state index is 0.297. The molecule has 0 heterocycles. The molecule has 0 unspecified atom stereocenters. The quantitative estimate of drug-likeness (QED) is 0.443. The van der Waals surface area contributed by atoms with Crippen LogP contribution in [0.15, 0.2) is 30.3 Å². The molecule has 0 saturated heterocycles. The smallest absolute Gasteiger partial charge is 0.0184 e. The average Bonchev–Trinajstić information content (AvgIpc) is 2.66. The number of thioether (sulfide) groups is 1. The largest absolute Gasteiger partial charge is 0.317 e. The van der Waals surface area contributed by atoms with Crippen molar-refractivity contribution >= 4 is 11.8 Å². The van der Waals surface area contributed by atoms with Gasteiger partial charge < -0.3 is 5.32 Å². The van der Waals surface area contributed by atoms with Crippen LogP contribution in [0.5, 0.6) is 0 Å². The zero-order valence-electron chi connectivity index (χ0n) is 18.0. The van der Waals surface area contributed by atoms with Crippen LogP contribution >= 0.6 is 11.8 Å². The van der Waals surface area contributed by atoms with Gasteiger partial charge in [-0.05, 0) is 83.3 Å². The molecule has 1 saturated carbocycles. The lowest BCUT2D eigenvalue weighted by Gasteiger charge is -2.39. The SMILES string of the molecule is CC(C)(C)N(CCCNCCCSCc1ccccc1)CC1CCCCC1. The maximum Gasteiger partial charge on any atom is 0.0184 e. The molecule has 1 N–H and O–H groups in total. The third-order valence-electron chi connectivity index (χ3n) is 5.69. The molecule has 0 radical (unpaired) electrons. The van der Waals surface area contributed by atoms with E-state index >= 15 is 0 Å². The molecule has 0 bridgehead atoms. The van der Waals surface area contributed by atoms with Crippen molar-refractivity contribution < 1.29 is 0 Å². The van der Waals surface area contributed by atoms with Crippen LogP contribution in [0, 0.1) is 5.92 Å². The molecule has 1 aliphatic carbocycles. The zero-order chi connectivity index (χ0) is 19.4. The Morgan fingerprint density at radius 2 is 1.70 bits per heavy atom. The monoisotopic (exact) mass is 390 g/mol. The molecular weight excluding hydrogens is 348 g/mol. The molecule has 3 heteroatoms. The Hall–Kier alpha value is -0.510. The predicted octanol–water partition coefficient (Wildman–Crippen LogP) is 5.97. The van der Waals surface area contributed by atoms with E-state index in [1.807, 2.05) is 11.8 Å². The van der Waals surface area contributed by atoms with Crippen LogP contribution in [0.3, 0.4) is 0 Å². The fraction of sp³-hybridized carbons (Fsp3) is 0.750. The second-order valence-electron chi connectivity index (χ2n) is 9.12. The summed E-state index contributed by atoms with van der Waals surface area (Å²) in [6.45, 7) is 12.0. The van der Waals surface area contributed by atoms with E-state index in [-0.39, 0.29) is 0 Å². The maximum absolute atomic E-state index is 3.65. The number of hydrogen-bond donors (Lipinski definition) is 1. The first kappa shape index (κ1) is 22.8. The minimum Gasteiger partial charge on any atom is -0.317 e. The summed E-state index contributed by atoms with van der Waals surface area (Å²) >= 11 is 2.05. The number of hydrogen-bond acceptors (Lipinski definition) is 3. The Kier molecular flexibility index (Phi) is 10.8. The Morgan fingerprint density at radius 1 is 1.00 bits per heavy atom.